The Balaban J connectivity index is 2.08. The molecule has 0 spiro atoms. The van der Waals surface area contributed by atoms with Gasteiger partial charge in [0.25, 0.3) is 0 Å². The minimum atomic E-state index is -3.52. The minimum Gasteiger partial charge on any atom is -0.394 e. The molecule has 7 heteroatoms. The molecule has 1 heterocycles. The van der Waals surface area contributed by atoms with E-state index < -0.39 is 10.0 Å². The maximum absolute atomic E-state index is 12.3. The summed E-state index contributed by atoms with van der Waals surface area (Å²) in [6, 6.07) is 0.00342. The Bertz CT molecular complexity index is 527. The van der Waals surface area contributed by atoms with Gasteiger partial charge in [0.05, 0.1) is 19.3 Å². The maximum Gasteiger partial charge on any atom is 0.243 e. The van der Waals surface area contributed by atoms with Crippen LogP contribution >= 0.6 is 0 Å². The molecule has 1 aliphatic carbocycles. The standard InChI is InChI=1S/C13H23N3O3S/c1-11-5-3-2-4-6-13(11)15-20(18,19)12-9-14-16(10-12)7-8-17/h9-11,13,15,17H,2-8H2,1H3. The van der Waals surface area contributed by atoms with Gasteiger partial charge in [0.15, 0.2) is 0 Å². The van der Waals surface area contributed by atoms with Gasteiger partial charge in [-0.2, -0.15) is 5.10 Å². The fourth-order valence-electron chi connectivity index (χ4n) is 2.64. The number of aliphatic hydroxyl groups is 1. The number of nitrogens with zero attached hydrogens (tertiary/aromatic N) is 2. The molecule has 2 unspecified atom stereocenters. The van der Waals surface area contributed by atoms with Crippen LogP contribution in [0.25, 0.3) is 0 Å². The van der Waals surface area contributed by atoms with Crippen molar-refractivity contribution in [2.24, 2.45) is 5.92 Å². The zero-order valence-corrected chi connectivity index (χ0v) is 12.6. The van der Waals surface area contributed by atoms with E-state index in [1.165, 1.54) is 29.9 Å². The van der Waals surface area contributed by atoms with Crippen molar-refractivity contribution in [3.8, 4) is 0 Å². The SMILES string of the molecule is CC1CCCCCC1NS(=O)(=O)c1cnn(CCO)c1. The summed E-state index contributed by atoms with van der Waals surface area (Å²) in [6.45, 7) is 2.34. The summed E-state index contributed by atoms with van der Waals surface area (Å²) >= 11 is 0. The summed E-state index contributed by atoms with van der Waals surface area (Å²) in [6.07, 6.45) is 8.17. The molecule has 1 aromatic rings. The Kier molecular flexibility index (Phi) is 5.17. The summed E-state index contributed by atoms with van der Waals surface area (Å²) in [4.78, 5) is 0.169. The number of aliphatic hydroxyl groups excluding tert-OH is 1. The predicted molar refractivity (Wildman–Crippen MR) is 75.7 cm³/mol. The fraction of sp³-hybridized carbons (Fsp3) is 0.769. The summed E-state index contributed by atoms with van der Waals surface area (Å²) in [5, 5.41) is 12.8. The van der Waals surface area contributed by atoms with E-state index in [1.807, 2.05) is 0 Å². The van der Waals surface area contributed by atoms with Crippen molar-refractivity contribution in [2.75, 3.05) is 6.61 Å². The van der Waals surface area contributed by atoms with Gasteiger partial charge in [-0.25, -0.2) is 13.1 Å². The average molecular weight is 301 g/mol. The van der Waals surface area contributed by atoms with Crippen LogP contribution in [0.4, 0.5) is 0 Å². The molecule has 1 aliphatic rings. The molecule has 0 saturated heterocycles. The predicted octanol–water partition coefficient (Wildman–Crippen LogP) is 1.12. The van der Waals surface area contributed by atoms with Gasteiger partial charge >= 0.3 is 0 Å². The quantitative estimate of drug-likeness (QED) is 0.798. The van der Waals surface area contributed by atoms with E-state index in [0.29, 0.717) is 12.5 Å². The molecule has 0 aliphatic heterocycles. The van der Waals surface area contributed by atoms with Crippen molar-refractivity contribution in [1.29, 1.82) is 0 Å². The number of rotatable bonds is 5. The van der Waals surface area contributed by atoms with Gasteiger partial charge < -0.3 is 5.11 Å². The first-order chi connectivity index (χ1) is 9.53. The lowest BCUT2D eigenvalue weighted by molar-refractivity contribution is 0.269. The number of hydrogen-bond acceptors (Lipinski definition) is 4. The second-order valence-electron chi connectivity index (χ2n) is 5.51. The zero-order chi connectivity index (χ0) is 14.6. The normalized spacial score (nSPS) is 24.5. The van der Waals surface area contributed by atoms with Crippen LogP contribution in [0.2, 0.25) is 0 Å². The van der Waals surface area contributed by atoms with Gasteiger partial charge in [0.1, 0.15) is 4.90 Å². The average Bonchev–Trinajstić information content (AvgIpc) is 2.78. The van der Waals surface area contributed by atoms with E-state index in [4.69, 9.17) is 5.11 Å². The Morgan fingerprint density at radius 2 is 2.15 bits per heavy atom. The first kappa shape index (κ1) is 15.5. The lowest BCUT2D eigenvalue weighted by Crippen LogP contribution is -2.38. The van der Waals surface area contributed by atoms with Crippen LogP contribution < -0.4 is 4.72 Å². The zero-order valence-electron chi connectivity index (χ0n) is 11.8. The van der Waals surface area contributed by atoms with Crippen molar-refractivity contribution >= 4 is 10.0 Å². The van der Waals surface area contributed by atoms with Crippen LogP contribution in [-0.4, -0.2) is 36.0 Å². The third-order valence-electron chi connectivity index (χ3n) is 3.92. The molecule has 2 rings (SSSR count). The molecule has 6 nitrogen and oxygen atoms in total. The van der Waals surface area contributed by atoms with E-state index >= 15 is 0 Å². The highest BCUT2D eigenvalue weighted by Crippen LogP contribution is 2.24. The molecule has 20 heavy (non-hydrogen) atoms. The van der Waals surface area contributed by atoms with Gasteiger partial charge in [0, 0.05) is 12.2 Å². The van der Waals surface area contributed by atoms with Crippen LogP contribution in [0.3, 0.4) is 0 Å². The lowest BCUT2D eigenvalue weighted by atomic mass is 9.98. The van der Waals surface area contributed by atoms with Gasteiger partial charge in [-0.05, 0) is 18.8 Å². The Morgan fingerprint density at radius 3 is 2.90 bits per heavy atom. The molecule has 114 valence electrons. The minimum absolute atomic E-state index is 0.00342. The van der Waals surface area contributed by atoms with Gasteiger partial charge in [-0.15, -0.1) is 0 Å². The second kappa shape index (κ2) is 6.69. The third-order valence-corrected chi connectivity index (χ3v) is 5.36. The molecular weight excluding hydrogens is 278 g/mol. The van der Waals surface area contributed by atoms with Crippen LogP contribution in [0.15, 0.2) is 17.3 Å². The molecule has 0 amide bonds. The number of sulfonamides is 1. The van der Waals surface area contributed by atoms with E-state index in [0.717, 1.165) is 19.3 Å². The van der Waals surface area contributed by atoms with Gasteiger partial charge in [-0.1, -0.05) is 26.2 Å². The topological polar surface area (TPSA) is 84.2 Å². The van der Waals surface area contributed by atoms with Crippen molar-refractivity contribution in [1.82, 2.24) is 14.5 Å². The molecule has 2 N–H and O–H groups in total. The van der Waals surface area contributed by atoms with Gasteiger partial charge in [-0.3, -0.25) is 4.68 Å². The van der Waals surface area contributed by atoms with Crippen molar-refractivity contribution in [3.05, 3.63) is 12.4 Å². The molecule has 1 fully saturated rings. The second-order valence-corrected chi connectivity index (χ2v) is 7.22. The smallest absolute Gasteiger partial charge is 0.243 e. The Hall–Kier alpha value is -0.920. The Morgan fingerprint density at radius 1 is 1.40 bits per heavy atom. The molecule has 0 aromatic carbocycles. The first-order valence-electron chi connectivity index (χ1n) is 7.18. The monoisotopic (exact) mass is 301 g/mol. The maximum atomic E-state index is 12.3. The van der Waals surface area contributed by atoms with Crippen molar-refractivity contribution in [3.63, 3.8) is 0 Å². The van der Waals surface area contributed by atoms with E-state index in [1.54, 1.807) is 0 Å². The largest absolute Gasteiger partial charge is 0.394 e. The van der Waals surface area contributed by atoms with Crippen LogP contribution in [0.1, 0.15) is 39.0 Å². The molecule has 1 saturated carbocycles. The van der Waals surface area contributed by atoms with Crippen molar-refractivity contribution < 1.29 is 13.5 Å². The van der Waals surface area contributed by atoms with E-state index in [2.05, 4.69) is 16.7 Å². The van der Waals surface area contributed by atoms with Crippen LogP contribution in [0, 0.1) is 5.92 Å². The van der Waals surface area contributed by atoms with E-state index in [9.17, 15) is 8.42 Å². The molecule has 1 aromatic heterocycles. The summed E-state index contributed by atoms with van der Waals surface area (Å²) in [7, 11) is -3.52. The summed E-state index contributed by atoms with van der Waals surface area (Å²) in [5.41, 5.74) is 0. The Labute approximate surface area is 120 Å². The fourth-order valence-corrected chi connectivity index (χ4v) is 3.97. The summed E-state index contributed by atoms with van der Waals surface area (Å²) in [5.74, 6) is 0.361. The van der Waals surface area contributed by atoms with Gasteiger partial charge in [0.2, 0.25) is 10.0 Å². The molecule has 0 bridgehead atoms. The van der Waals surface area contributed by atoms with E-state index in [-0.39, 0.29) is 17.5 Å². The van der Waals surface area contributed by atoms with Crippen LogP contribution in [0.5, 0.6) is 0 Å². The number of hydrogen-bond donors (Lipinski definition) is 2. The van der Waals surface area contributed by atoms with Crippen molar-refractivity contribution in [2.45, 2.75) is 56.5 Å². The highest BCUT2D eigenvalue weighted by atomic mass is 32.2. The summed E-state index contributed by atoms with van der Waals surface area (Å²) < 4.78 is 28.9. The number of nitrogens with one attached hydrogen (secondary N) is 1. The number of aromatic nitrogens is 2. The van der Waals surface area contributed by atoms with Crippen LogP contribution in [-0.2, 0) is 16.6 Å². The highest BCUT2D eigenvalue weighted by molar-refractivity contribution is 7.89. The molecular formula is C13H23N3O3S. The molecule has 2 atom stereocenters. The molecule has 0 radical (unpaired) electrons. The highest BCUT2D eigenvalue weighted by Gasteiger charge is 2.26. The lowest BCUT2D eigenvalue weighted by Gasteiger charge is -2.22. The first-order valence-corrected chi connectivity index (χ1v) is 8.67. The third kappa shape index (κ3) is 3.80.